The number of carbonyl (C=O) groups is 2. The molecule has 0 bridgehead atoms. The largest absolute Gasteiger partial charge is 0.438 e. The number of halogens is 2. The Bertz CT molecular complexity index is 1150. The highest BCUT2D eigenvalue weighted by Crippen LogP contribution is 2.52. The van der Waals surface area contributed by atoms with Crippen molar-refractivity contribution in [3.8, 4) is 0 Å². The molecule has 3 N–H and O–H groups in total. The molecule has 0 radical (unpaired) electrons. The molecule has 4 atom stereocenters. The van der Waals surface area contributed by atoms with Crippen molar-refractivity contribution < 1.29 is 46.9 Å². The molecular weight excluding hydrogens is 564 g/mol. The van der Waals surface area contributed by atoms with E-state index in [4.69, 9.17) is 40.6 Å². The van der Waals surface area contributed by atoms with E-state index < -0.39 is 79.6 Å². The summed E-state index contributed by atoms with van der Waals surface area (Å²) in [5.41, 5.74) is 0.725. The summed E-state index contributed by atoms with van der Waals surface area (Å²) in [4.78, 5) is 39.8. The van der Waals surface area contributed by atoms with E-state index in [9.17, 15) is 24.1 Å². The van der Waals surface area contributed by atoms with Gasteiger partial charge >= 0.3 is 25.2 Å². The Morgan fingerprint density at radius 1 is 1.21 bits per heavy atom. The van der Waals surface area contributed by atoms with Gasteiger partial charge in [-0.1, -0.05) is 0 Å². The zero-order valence-corrected chi connectivity index (χ0v) is 24.1. The maximum absolute atomic E-state index is 15.1. The van der Waals surface area contributed by atoms with Crippen molar-refractivity contribution in [2.75, 3.05) is 25.2 Å². The number of carbonyl (C=O) groups excluding carboxylic acids is 2. The Hall–Kier alpha value is -2.35. The molecule has 16 heteroatoms. The first-order chi connectivity index (χ1) is 17.8. The Kier molecular flexibility index (Phi) is 10.5. The average Bonchev–Trinajstić information content (AvgIpc) is 3.07. The summed E-state index contributed by atoms with van der Waals surface area (Å²) in [6, 6.07) is 1.23. The summed E-state index contributed by atoms with van der Waals surface area (Å²) < 4.78 is 55.3. The van der Waals surface area contributed by atoms with Crippen molar-refractivity contribution in [2.24, 2.45) is 10.8 Å². The van der Waals surface area contributed by atoms with Crippen molar-refractivity contribution in [2.45, 2.75) is 65.6 Å². The highest BCUT2D eigenvalue weighted by atomic mass is 35.5. The molecule has 220 valence electrons. The molecular formula is C23H34ClFN3O10P. The van der Waals surface area contributed by atoms with Gasteiger partial charge < -0.3 is 25.1 Å². The van der Waals surface area contributed by atoms with E-state index in [-0.39, 0.29) is 5.82 Å². The van der Waals surface area contributed by atoms with E-state index in [1.165, 1.54) is 6.07 Å². The number of aliphatic hydroxyl groups is 1. The lowest BCUT2D eigenvalue weighted by Crippen LogP contribution is -2.42. The van der Waals surface area contributed by atoms with Gasteiger partial charge in [0.05, 0.1) is 16.7 Å². The van der Waals surface area contributed by atoms with Crippen LogP contribution < -0.4 is 11.4 Å². The van der Waals surface area contributed by atoms with Gasteiger partial charge in [0.25, 0.3) is 0 Å². The second-order valence-corrected chi connectivity index (χ2v) is 12.9. The predicted octanol–water partition coefficient (Wildman–Crippen LogP) is 2.86. The highest BCUT2D eigenvalue weighted by Gasteiger charge is 2.55. The van der Waals surface area contributed by atoms with Crippen LogP contribution >= 0.6 is 19.2 Å². The van der Waals surface area contributed by atoms with E-state index in [2.05, 4.69) is 4.98 Å². The number of aromatic nitrogens is 2. The van der Waals surface area contributed by atoms with Gasteiger partial charge in [0.15, 0.2) is 12.4 Å². The Balaban J connectivity index is 2.31. The number of hydrogen-bond acceptors (Lipinski definition) is 12. The Morgan fingerprint density at radius 2 is 1.72 bits per heavy atom. The summed E-state index contributed by atoms with van der Waals surface area (Å²) in [5, 5.41) is 10.7. The molecule has 0 aromatic carbocycles. The maximum Gasteiger partial charge on any atom is 0.359 e. The van der Waals surface area contributed by atoms with E-state index >= 15 is 4.39 Å². The van der Waals surface area contributed by atoms with Gasteiger partial charge in [-0.15, -0.1) is 11.6 Å². The number of hydrogen-bond donors (Lipinski definition) is 2. The van der Waals surface area contributed by atoms with Gasteiger partial charge in [-0.25, -0.2) is 9.18 Å². The number of anilines is 1. The number of nitrogens with two attached hydrogens (primary N) is 1. The molecule has 2 heterocycles. The summed E-state index contributed by atoms with van der Waals surface area (Å²) in [5.74, 6) is -1.21. The summed E-state index contributed by atoms with van der Waals surface area (Å²) >= 11 is 6.03. The smallest absolute Gasteiger partial charge is 0.359 e. The minimum atomic E-state index is -4.40. The highest BCUT2D eigenvalue weighted by molar-refractivity contribution is 7.57. The van der Waals surface area contributed by atoms with Crippen LogP contribution in [0.4, 0.5) is 10.2 Å². The first-order valence-electron chi connectivity index (χ1n) is 11.7. The zero-order valence-electron chi connectivity index (χ0n) is 22.5. The lowest BCUT2D eigenvalue weighted by Gasteiger charge is -2.27. The SMILES string of the molecule is CC(C)(C)C(=O)OCOP(=O)(/C=C\[C@@]1(CCl)OC(n2ccc(N)nc2=O)[C@H](F)[C@@H]1O)OCOC(=O)C(C)(C)C. The standard InChI is InChI=1S/C23H34ClFN3O10P/c1-21(2,3)18(30)34-12-36-39(33,37-13-35-19(31)22(4,5)6)10-8-23(11-24)16(29)15(25)17(38-23)28-9-7-14(26)27-20(28)32/h7-10,15-17,29H,11-13H2,1-6H3,(H2,26,27,32)/b10-8-/t15-,16+,17?,23+/m1/s1. The molecule has 0 spiro atoms. The molecule has 0 amide bonds. The molecule has 1 fully saturated rings. The van der Waals surface area contributed by atoms with Gasteiger partial charge in [0.1, 0.15) is 17.5 Å². The van der Waals surface area contributed by atoms with Gasteiger partial charge in [-0.2, -0.15) is 4.98 Å². The van der Waals surface area contributed by atoms with Gasteiger partial charge in [-0.05, 0) is 53.7 Å². The average molecular weight is 598 g/mol. The number of esters is 2. The molecule has 1 aromatic rings. The van der Waals surface area contributed by atoms with E-state index in [0.29, 0.717) is 0 Å². The van der Waals surface area contributed by atoms with E-state index in [0.717, 1.165) is 22.7 Å². The number of nitrogen functional groups attached to an aromatic ring is 1. The van der Waals surface area contributed by atoms with Gasteiger partial charge in [0, 0.05) is 12.0 Å². The van der Waals surface area contributed by atoms with Crippen LogP contribution in [0.2, 0.25) is 0 Å². The van der Waals surface area contributed by atoms with E-state index in [1.54, 1.807) is 41.5 Å². The second kappa shape index (κ2) is 12.4. The summed E-state index contributed by atoms with van der Waals surface area (Å²) in [7, 11) is -4.40. The molecule has 1 aliphatic rings. The number of aliphatic hydroxyl groups excluding tert-OH is 1. The van der Waals surface area contributed by atoms with Crippen LogP contribution in [-0.2, 0) is 37.4 Å². The minimum Gasteiger partial charge on any atom is -0.438 e. The fraction of sp³-hybridized carbons (Fsp3) is 0.652. The molecule has 1 aliphatic heterocycles. The fourth-order valence-electron chi connectivity index (χ4n) is 2.99. The van der Waals surface area contributed by atoms with Crippen LogP contribution in [-0.4, -0.2) is 63.9 Å². The topological polar surface area (TPSA) is 178 Å². The second-order valence-electron chi connectivity index (χ2n) is 10.7. The number of nitrogens with zero attached hydrogens (tertiary/aromatic N) is 2. The molecule has 0 saturated carbocycles. The Morgan fingerprint density at radius 3 is 2.15 bits per heavy atom. The monoisotopic (exact) mass is 597 g/mol. The van der Waals surface area contributed by atoms with Crippen LogP contribution in [0, 0.1) is 10.8 Å². The molecule has 13 nitrogen and oxygen atoms in total. The molecule has 1 saturated heterocycles. The van der Waals surface area contributed by atoms with Crippen LogP contribution in [0.5, 0.6) is 0 Å². The van der Waals surface area contributed by atoms with E-state index in [1.807, 2.05) is 0 Å². The van der Waals surface area contributed by atoms with Crippen molar-refractivity contribution in [3.63, 3.8) is 0 Å². The van der Waals surface area contributed by atoms with Crippen molar-refractivity contribution in [3.05, 3.63) is 34.6 Å². The fourth-order valence-corrected chi connectivity index (χ4v) is 4.38. The van der Waals surface area contributed by atoms with Crippen molar-refractivity contribution in [1.82, 2.24) is 9.55 Å². The molecule has 39 heavy (non-hydrogen) atoms. The first-order valence-corrected chi connectivity index (χ1v) is 13.8. The van der Waals surface area contributed by atoms with Crippen LogP contribution in [0.25, 0.3) is 0 Å². The molecule has 0 aliphatic carbocycles. The Labute approximate surface area is 229 Å². The van der Waals surface area contributed by atoms with Crippen LogP contribution in [0.1, 0.15) is 47.8 Å². The third kappa shape index (κ3) is 8.32. The van der Waals surface area contributed by atoms with Gasteiger partial charge in [0.2, 0.25) is 13.6 Å². The third-order valence-corrected chi connectivity index (χ3v) is 7.22. The summed E-state index contributed by atoms with van der Waals surface area (Å²) in [6.45, 7) is 7.90. The zero-order chi connectivity index (χ0) is 29.8. The lowest BCUT2D eigenvalue weighted by molar-refractivity contribution is -0.161. The number of alkyl halides is 2. The first kappa shape index (κ1) is 32.9. The molecule has 1 unspecified atom stereocenters. The maximum atomic E-state index is 15.1. The molecule has 1 aromatic heterocycles. The number of ether oxygens (including phenoxy) is 3. The minimum absolute atomic E-state index is 0.108. The third-order valence-electron chi connectivity index (χ3n) is 5.36. The predicted molar refractivity (Wildman–Crippen MR) is 137 cm³/mol. The normalized spacial score (nSPS) is 24.2. The van der Waals surface area contributed by atoms with Crippen molar-refractivity contribution in [1.29, 1.82) is 0 Å². The van der Waals surface area contributed by atoms with Crippen LogP contribution in [0.15, 0.2) is 29.0 Å². The number of rotatable bonds is 10. The van der Waals surface area contributed by atoms with Crippen LogP contribution in [0.3, 0.4) is 0 Å². The van der Waals surface area contributed by atoms with Crippen molar-refractivity contribution >= 4 is 37.0 Å². The lowest BCUT2D eigenvalue weighted by atomic mass is 9.98. The quantitative estimate of drug-likeness (QED) is 0.175. The molecule has 2 rings (SSSR count). The van der Waals surface area contributed by atoms with Gasteiger partial charge in [-0.3, -0.25) is 27.8 Å². The summed E-state index contributed by atoms with van der Waals surface area (Å²) in [6.07, 6.45) is -3.69.